The Hall–Kier alpha value is -4.06. The molecule has 32 heavy (non-hydrogen) atoms. The summed E-state index contributed by atoms with van der Waals surface area (Å²) in [5.41, 5.74) is 2.78. The van der Waals surface area contributed by atoms with Crippen LogP contribution in [-0.4, -0.2) is 17.9 Å². The minimum atomic E-state index is -0.585. The molecule has 2 amide bonds. The lowest BCUT2D eigenvalue weighted by Gasteiger charge is -2.14. The average Bonchev–Trinajstić information content (AvgIpc) is 3.43. The predicted molar refractivity (Wildman–Crippen MR) is 122 cm³/mol. The molecule has 6 nitrogen and oxygen atoms in total. The SMILES string of the molecule is CC(NC(=O)c1cccc(NC(=O)C2Cc3ccccc3O2)c1)c1cc2ccccc2o1. The number of ether oxygens (including phenoxy) is 1. The number of carbonyl (C=O) groups excluding carboxylic acids is 2. The molecule has 1 aliphatic rings. The molecular formula is C26H22N2O4. The van der Waals surface area contributed by atoms with Crippen LogP contribution in [-0.2, 0) is 11.2 Å². The zero-order chi connectivity index (χ0) is 22.1. The summed E-state index contributed by atoms with van der Waals surface area (Å²) in [5, 5.41) is 6.80. The Balaban J connectivity index is 1.24. The van der Waals surface area contributed by atoms with Gasteiger partial charge in [-0.05, 0) is 48.9 Å². The van der Waals surface area contributed by atoms with Gasteiger partial charge in [-0.1, -0.05) is 42.5 Å². The molecule has 2 unspecified atom stereocenters. The van der Waals surface area contributed by atoms with Crippen LogP contribution >= 0.6 is 0 Å². The Morgan fingerprint density at radius 1 is 0.969 bits per heavy atom. The first-order chi connectivity index (χ1) is 15.6. The van der Waals surface area contributed by atoms with Crippen LogP contribution in [0.3, 0.4) is 0 Å². The second-order valence-corrected chi connectivity index (χ2v) is 7.87. The van der Waals surface area contributed by atoms with E-state index in [1.165, 1.54) is 0 Å². The maximum atomic E-state index is 12.8. The predicted octanol–water partition coefficient (Wildman–Crippen LogP) is 4.87. The normalized spacial score (nSPS) is 15.6. The first kappa shape index (κ1) is 19.9. The fourth-order valence-corrected chi connectivity index (χ4v) is 3.86. The van der Waals surface area contributed by atoms with Gasteiger partial charge in [0.25, 0.3) is 11.8 Å². The molecule has 0 spiro atoms. The van der Waals surface area contributed by atoms with Gasteiger partial charge in [-0.15, -0.1) is 0 Å². The molecular weight excluding hydrogens is 404 g/mol. The number of hydrogen-bond acceptors (Lipinski definition) is 4. The van der Waals surface area contributed by atoms with Gasteiger partial charge in [-0.3, -0.25) is 9.59 Å². The van der Waals surface area contributed by atoms with Crippen LogP contribution in [0.5, 0.6) is 5.75 Å². The third kappa shape index (κ3) is 3.95. The van der Waals surface area contributed by atoms with E-state index in [-0.39, 0.29) is 17.9 Å². The zero-order valence-corrected chi connectivity index (χ0v) is 17.5. The molecule has 0 aliphatic carbocycles. The fourth-order valence-electron chi connectivity index (χ4n) is 3.86. The highest BCUT2D eigenvalue weighted by Gasteiger charge is 2.29. The summed E-state index contributed by atoms with van der Waals surface area (Å²) in [5.74, 6) is 0.926. The Bertz CT molecular complexity index is 1250. The van der Waals surface area contributed by atoms with E-state index < -0.39 is 6.10 Å². The number of para-hydroxylation sites is 2. The highest BCUT2D eigenvalue weighted by atomic mass is 16.5. The van der Waals surface area contributed by atoms with Crippen molar-refractivity contribution in [2.75, 3.05) is 5.32 Å². The number of nitrogens with one attached hydrogen (secondary N) is 2. The van der Waals surface area contributed by atoms with Crippen molar-refractivity contribution in [1.82, 2.24) is 5.32 Å². The van der Waals surface area contributed by atoms with E-state index in [2.05, 4.69) is 10.6 Å². The van der Waals surface area contributed by atoms with Crippen molar-refractivity contribution in [3.05, 3.63) is 95.7 Å². The van der Waals surface area contributed by atoms with Gasteiger partial charge in [-0.25, -0.2) is 0 Å². The first-order valence-electron chi connectivity index (χ1n) is 10.5. The number of rotatable bonds is 5. The second kappa shape index (κ2) is 8.23. The van der Waals surface area contributed by atoms with Crippen molar-refractivity contribution in [3.8, 4) is 5.75 Å². The lowest BCUT2D eigenvalue weighted by atomic mass is 10.1. The van der Waals surface area contributed by atoms with Crippen molar-refractivity contribution in [1.29, 1.82) is 0 Å². The van der Waals surface area contributed by atoms with Gasteiger partial charge < -0.3 is 19.8 Å². The molecule has 3 aromatic carbocycles. The van der Waals surface area contributed by atoms with Crippen molar-refractivity contribution in [2.24, 2.45) is 0 Å². The third-order valence-corrected chi connectivity index (χ3v) is 5.55. The topological polar surface area (TPSA) is 80.6 Å². The molecule has 2 heterocycles. The van der Waals surface area contributed by atoms with Crippen molar-refractivity contribution in [2.45, 2.75) is 25.5 Å². The lowest BCUT2D eigenvalue weighted by Crippen LogP contribution is -2.31. The molecule has 1 aliphatic heterocycles. The third-order valence-electron chi connectivity index (χ3n) is 5.55. The maximum absolute atomic E-state index is 12.8. The molecule has 0 fully saturated rings. The van der Waals surface area contributed by atoms with Gasteiger partial charge >= 0.3 is 0 Å². The highest BCUT2D eigenvalue weighted by molar-refractivity contribution is 5.98. The smallest absolute Gasteiger partial charge is 0.265 e. The molecule has 1 aromatic heterocycles. The average molecular weight is 426 g/mol. The van der Waals surface area contributed by atoms with E-state index in [4.69, 9.17) is 9.15 Å². The van der Waals surface area contributed by atoms with Gasteiger partial charge in [0.1, 0.15) is 17.1 Å². The molecule has 6 heteroatoms. The van der Waals surface area contributed by atoms with Crippen LogP contribution in [0.2, 0.25) is 0 Å². The summed E-state index contributed by atoms with van der Waals surface area (Å²) in [4.78, 5) is 25.5. The summed E-state index contributed by atoms with van der Waals surface area (Å²) in [6.07, 6.45) is -0.0602. The first-order valence-corrected chi connectivity index (χ1v) is 10.5. The van der Waals surface area contributed by atoms with E-state index in [0.29, 0.717) is 23.4 Å². The van der Waals surface area contributed by atoms with E-state index in [9.17, 15) is 9.59 Å². The van der Waals surface area contributed by atoms with Crippen LogP contribution in [0.1, 0.15) is 34.6 Å². The van der Waals surface area contributed by atoms with E-state index >= 15 is 0 Å². The van der Waals surface area contributed by atoms with Gasteiger partial charge in [-0.2, -0.15) is 0 Å². The van der Waals surface area contributed by atoms with Crippen LogP contribution in [0, 0.1) is 0 Å². The van der Waals surface area contributed by atoms with Crippen LogP contribution in [0.25, 0.3) is 11.0 Å². The van der Waals surface area contributed by atoms with Gasteiger partial charge in [0.05, 0.1) is 6.04 Å². The molecule has 5 rings (SSSR count). The number of hydrogen-bond donors (Lipinski definition) is 2. The number of amides is 2. The number of benzene rings is 3. The molecule has 160 valence electrons. The summed E-state index contributed by atoms with van der Waals surface area (Å²) in [6, 6.07) is 23.8. The Morgan fingerprint density at radius 2 is 1.78 bits per heavy atom. The maximum Gasteiger partial charge on any atom is 0.265 e. The van der Waals surface area contributed by atoms with Crippen LogP contribution in [0.4, 0.5) is 5.69 Å². The quantitative estimate of drug-likeness (QED) is 0.477. The summed E-state index contributed by atoms with van der Waals surface area (Å²) in [7, 11) is 0. The summed E-state index contributed by atoms with van der Waals surface area (Å²) < 4.78 is 11.6. The largest absolute Gasteiger partial charge is 0.480 e. The molecule has 0 bridgehead atoms. The standard InChI is InChI=1S/C26H22N2O4/c1-16(23-14-17-7-2-4-11-21(17)31-23)27-25(29)19-9-6-10-20(13-19)28-26(30)24-15-18-8-3-5-12-22(18)32-24/h2-14,16,24H,15H2,1H3,(H,27,29)(H,28,30). The second-order valence-electron chi connectivity index (χ2n) is 7.87. The molecule has 0 radical (unpaired) electrons. The number of fused-ring (bicyclic) bond motifs is 2. The number of furan rings is 1. The van der Waals surface area contributed by atoms with Gasteiger partial charge in [0, 0.05) is 23.1 Å². The minimum Gasteiger partial charge on any atom is -0.480 e. The van der Waals surface area contributed by atoms with Crippen molar-refractivity contribution >= 4 is 28.5 Å². The Morgan fingerprint density at radius 3 is 2.62 bits per heavy atom. The highest BCUT2D eigenvalue weighted by Crippen LogP contribution is 2.29. The summed E-state index contributed by atoms with van der Waals surface area (Å²) in [6.45, 7) is 1.87. The summed E-state index contributed by atoms with van der Waals surface area (Å²) >= 11 is 0. The number of anilines is 1. The molecule has 0 saturated carbocycles. The monoisotopic (exact) mass is 426 g/mol. The van der Waals surface area contributed by atoms with Gasteiger partial charge in [0.15, 0.2) is 6.10 Å². The minimum absolute atomic E-state index is 0.241. The van der Waals surface area contributed by atoms with E-state index in [1.807, 2.05) is 61.5 Å². The van der Waals surface area contributed by atoms with Gasteiger partial charge in [0.2, 0.25) is 0 Å². The molecule has 0 saturated heterocycles. The van der Waals surface area contributed by atoms with E-state index in [0.717, 1.165) is 22.3 Å². The number of carbonyl (C=O) groups is 2. The van der Waals surface area contributed by atoms with Crippen LogP contribution < -0.4 is 15.4 Å². The molecule has 4 aromatic rings. The van der Waals surface area contributed by atoms with Crippen molar-refractivity contribution < 1.29 is 18.7 Å². The molecule has 2 atom stereocenters. The lowest BCUT2D eigenvalue weighted by molar-refractivity contribution is -0.122. The Kier molecular flexibility index (Phi) is 5.11. The molecule has 2 N–H and O–H groups in total. The Labute approximate surface area is 185 Å². The zero-order valence-electron chi connectivity index (χ0n) is 17.5. The van der Waals surface area contributed by atoms with Crippen LogP contribution in [0.15, 0.2) is 83.3 Å². The fraction of sp³-hybridized carbons (Fsp3) is 0.154. The van der Waals surface area contributed by atoms with E-state index in [1.54, 1.807) is 24.3 Å². The van der Waals surface area contributed by atoms with Crippen molar-refractivity contribution in [3.63, 3.8) is 0 Å².